The molecule has 0 radical (unpaired) electrons. The van der Waals surface area contributed by atoms with Gasteiger partial charge in [-0.3, -0.25) is 33.7 Å². The summed E-state index contributed by atoms with van der Waals surface area (Å²) in [4.78, 5) is 99.4. The Hall–Kier alpha value is -5.04. The zero-order valence-corrected chi connectivity index (χ0v) is 46.6. The second-order valence-corrected chi connectivity index (χ2v) is 20.6. The Balaban J connectivity index is 1.77. The molecular formula is C54H82BrN7O10. The number of nitrogens with one attached hydrogen (secondary N) is 3. The number of hydrazone groups is 1. The average molecular weight is 1070 g/mol. The van der Waals surface area contributed by atoms with E-state index in [1.807, 2.05) is 90.9 Å². The maximum absolute atomic E-state index is 14.5. The van der Waals surface area contributed by atoms with Gasteiger partial charge in [0.15, 0.2) is 5.78 Å². The molecule has 0 saturated carbocycles. The van der Waals surface area contributed by atoms with Gasteiger partial charge in [-0.05, 0) is 81.8 Å². The highest BCUT2D eigenvalue weighted by Gasteiger charge is 2.43. The zero-order valence-electron chi connectivity index (χ0n) is 45.0. The maximum atomic E-state index is 14.5. The molecule has 1 aliphatic heterocycles. The van der Waals surface area contributed by atoms with Crippen LogP contribution in [0, 0.1) is 29.6 Å². The van der Waals surface area contributed by atoms with Gasteiger partial charge in [0.25, 0.3) is 5.91 Å². The van der Waals surface area contributed by atoms with Gasteiger partial charge in [0.2, 0.25) is 23.6 Å². The van der Waals surface area contributed by atoms with Crippen LogP contribution in [0.5, 0.6) is 0 Å². The van der Waals surface area contributed by atoms with E-state index < -0.39 is 60.1 Å². The van der Waals surface area contributed by atoms with Crippen LogP contribution >= 0.6 is 15.9 Å². The van der Waals surface area contributed by atoms with Gasteiger partial charge in [-0.2, -0.15) is 5.10 Å². The van der Waals surface area contributed by atoms with Crippen LogP contribution in [0.1, 0.15) is 122 Å². The fourth-order valence-electron chi connectivity index (χ4n) is 9.81. The predicted octanol–water partition coefficient (Wildman–Crippen LogP) is 6.18. The van der Waals surface area contributed by atoms with E-state index in [1.165, 1.54) is 7.11 Å². The second kappa shape index (κ2) is 29.6. The minimum Gasteiger partial charge on any atom is -0.452 e. The second-order valence-electron chi connectivity index (χ2n) is 20.0. The smallest absolute Gasteiger partial charge is 0.338 e. The van der Waals surface area contributed by atoms with E-state index in [0.717, 1.165) is 6.42 Å². The number of esters is 1. The summed E-state index contributed by atoms with van der Waals surface area (Å²) in [7, 11) is 8.62. The van der Waals surface area contributed by atoms with Crippen molar-refractivity contribution in [2.75, 3.05) is 53.8 Å². The number of ether oxygens (including phenoxy) is 3. The molecule has 2 aromatic carbocycles. The highest BCUT2D eigenvalue weighted by molar-refractivity contribution is 9.09. The minimum absolute atomic E-state index is 0.00672. The van der Waals surface area contributed by atoms with Crippen LogP contribution in [-0.2, 0) is 43.0 Å². The van der Waals surface area contributed by atoms with Crippen LogP contribution in [0.3, 0.4) is 0 Å². The van der Waals surface area contributed by atoms with Crippen LogP contribution in [-0.4, -0.2) is 152 Å². The molecule has 5 amide bonds. The molecule has 0 bridgehead atoms. The van der Waals surface area contributed by atoms with Crippen molar-refractivity contribution in [1.82, 2.24) is 30.8 Å². The van der Waals surface area contributed by atoms with Gasteiger partial charge < -0.3 is 34.6 Å². The van der Waals surface area contributed by atoms with E-state index in [0.29, 0.717) is 36.2 Å². The van der Waals surface area contributed by atoms with Crippen LogP contribution < -0.4 is 16.1 Å². The number of methoxy groups -OCH3 is 2. The number of alkyl halides is 1. The number of Topliss-reactive ketones (excluding diaryl/α,β-unsaturated/α-hetero) is 1. The molecule has 1 fully saturated rings. The topological polar surface area (TPSA) is 205 Å². The molecule has 1 heterocycles. The SMILES string of the molecule is CC[C@H](C)[C@@H]([C@@H](CC(=O)N1CCC[C@H]1[C@H](OC)[C@@H](C)C(=O)N[C@H](C)[C@@H](OC(=O)c1ccc(/C(C)=N\NC(=O)CNC(=O)CBr)cc1)c1ccccc1)OC)N(C)C(=O)[C@@H](CC(=O)[C@H](C(C)C)N(C)C)C(C)C. The largest absolute Gasteiger partial charge is 0.452 e. The molecule has 72 heavy (non-hydrogen) atoms. The highest BCUT2D eigenvalue weighted by Crippen LogP contribution is 2.32. The quantitative estimate of drug-likeness (QED) is 0.0380. The molecule has 18 heteroatoms. The summed E-state index contributed by atoms with van der Waals surface area (Å²) in [5, 5.41) is 9.68. The third-order valence-corrected chi connectivity index (χ3v) is 14.5. The lowest BCUT2D eigenvalue weighted by Gasteiger charge is -2.41. The van der Waals surface area contributed by atoms with Crippen molar-refractivity contribution in [1.29, 1.82) is 0 Å². The number of carbonyl (C=O) groups is 7. The predicted molar refractivity (Wildman–Crippen MR) is 282 cm³/mol. The summed E-state index contributed by atoms with van der Waals surface area (Å²) in [5.74, 6) is -3.45. The number of likely N-dealkylation sites (N-methyl/N-ethyl adjacent to an activating group) is 2. The van der Waals surface area contributed by atoms with Gasteiger partial charge in [-0.25, -0.2) is 10.2 Å². The third-order valence-electron chi connectivity index (χ3n) is 14.0. The standard InChI is InChI=1S/C54H82BrN7O10/c1-15-34(6)49(61(12)53(68)41(32(2)3)28-43(63)48(33(4)5)60(10)11)44(70-13)29-47(66)62-27-19-22-42(62)50(71-14)35(7)52(67)57-37(9)51(39-20-17-16-18-21-39)72-54(69)40-25-23-38(24-26-40)36(8)58-59-46(65)31-56-45(64)30-55/h16-18,20-21,23-26,32-35,37,41-42,44,48-51H,15,19,22,27-31H2,1-14H3,(H,56,64)(H,57,67)(H,59,65)/b58-36-/t34-,35+,37+,41-,42-,44+,48-,49-,50+,51+/m0/s1. The molecule has 0 unspecified atom stereocenters. The Bertz CT molecular complexity index is 2130. The summed E-state index contributed by atoms with van der Waals surface area (Å²) in [6.07, 6.45) is -0.0819. The number of rotatable bonds is 28. The Labute approximate surface area is 436 Å². The van der Waals surface area contributed by atoms with Crippen molar-refractivity contribution < 1.29 is 47.8 Å². The molecule has 400 valence electrons. The van der Waals surface area contributed by atoms with E-state index in [4.69, 9.17) is 14.2 Å². The summed E-state index contributed by atoms with van der Waals surface area (Å²) in [6, 6.07) is 13.7. The van der Waals surface area contributed by atoms with Gasteiger partial charge in [-0.15, -0.1) is 0 Å². The van der Waals surface area contributed by atoms with Crippen LogP contribution in [0.15, 0.2) is 59.7 Å². The van der Waals surface area contributed by atoms with Gasteiger partial charge in [0, 0.05) is 40.2 Å². The van der Waals surface area contributed by atoms with Crippen molar-refractivity contribution in [3.63, 3.8) is 0 Å². The molecule has 0 aromatic heterocycles. The lowest BCUT2D eigenvalue weighted by Crippen LogP contribution is -2.54. The minimum atomic E-state index is -0.885. The fraction of sp³-hybridized carbons (Fsp3) is 0.630. The summed E-state index contributed by atoms with van der Waals surface area (Å²) in [5.41, 5.74) is 4.41. The molecule has 3 N–H and O–H groups in total. The van der Waals surface area contributed by atoms with Gasteiger partial charge in [0.05, 0.1) is 71.9 Å². The molecular weight excluding hydrogens is 987 g/mol. The zero-order chi connectivity index (χ0) is 54.0. The van der Waals surface area contributed by atoms with Crippen molar-refractivity contribution >= 4 is 62.9 Å². The van der Waals surface area contributed by atoms with Crippen LogP contribution in [0.2, 0.25) is 0 Å². The fourth-order valence-corrected chi connectivity index (χ4v) is 10.0. The van der Waals surface area contributed by atoms with Crippen molar-refractivity contribution in [3.05, 3.63) is 71.3 Å². The van der Waals surface area contributed by atoms with E-state index in [1.54, 1.807) is 69.0 Å². The number of amides is 5. The van der Waals surface area contributed by atoms with Gasteiger partial charge >= 0.3 is 5.97 Å². The third kappa shape index (κ3) is 17.0. The van der Waals surface area contributed by atoms with Gasteiger partial charge in [0.1, 0.15) is 6.10 Å². The molecule has 10 atom stereocenters. The van der Waals surface area contributed by atoms with E-state index in [-0.39, 0.29) is 83.5 Å². The first-order chi connectivity index (χ1) is 34.0. The van der Waals surface area contributed by atoms with Gasteiger partial charge in [-0.1, -0.05) is 113 Å². The highest BCUT2D eigenvalue weighted by atomic mass is 79.9. The average Bonchev–Trinajstić information content (AvgIpc) is 3.84. The molecule has 0 aliphatic carbocycles. The van der Waals surface area contributed by atoms with Crippen LogP contribution in [0.25, 0.3) is 0 Å². The maximum Gasteiger partial charge on any atom is 0.338 e. The first kappa shape index (κ1) is 61.3. The molecule has 2 aromatic rings. The number of carbonyl (C=O) groups excluding carboxylic acids is 7. The summed E-state index contributed by atoms with van der Waals surface area (Å²) < 4.78 is 18.3. The van der Waals surface area contributed by atoms with E-state index in [9.17, 15) is 33.6 Å². The molecule has 0 spiro atoms. The number of likely N-dealkylation sites (tertiary alicyclic amines) is 1. The number of halogens is 1. The first-order valence-corrected chi connectivity index (χ1v) is 26.3. The summed E-state index contributed by atoms with van der Waals surface area (Å²) >= 11 is 3.02. The number of hydrogen-bond donors (Lipinski definition) is 3. The number of nitrogens with zero attached hydrogens (tertiary/aromatic N) is 4. The Morgan fingerprint density at radius 2 is 1.46 bits per heavy atom. The van der Waals surface area contributed by atoms with E-state index in [2.05, 4.69) is 37.1 Å². The number of hydrogen-bond acceptors (Lipinski definition) is 12. The molecule has 3 rings (SSSR count). The number of ketones is 1. The normalized spacial score (nSPS) is 17.8. The van der Waals surface area contributed by atoms with Crippen molar-refractivity contribution in [2.45, 2.75) is 137 Å². The Kier molecular flexibility index (Phi) is 25.2. The Morgan fingerprint density at radius 3 is 2.00 bits per heavy atom. The van der Waals surface area contributed by atoms with Crippen molar-refractivity contribution in [3.8, 4) is 0 Å². The Morgan fingerprint density at radius 1 is 0.833 bits per heavy atom. The summed E-state index contributed by atoms with van der Waals surface area (Å²) in [6.45, 7) is 17.5. The van der Waals surface area contributed by atoms with Crippen LogP contribution in [0.4, 0.5) is 0 Å². The first-order valence-electron chi connectivity index (χ1n) is 25.2. The van der Waals surface area contributed by atoms with E-state index >= 15 is 0 Å². The number of benzene rings is 2. The molecule has 1 saturated heterocycles. The molecule has 17 nitrogen and oxygen atoms in total. The lowest BCUT2D eigenvalue weighted by atomic mass is 9.83. The monoisotopic (exact) mass is 1070 g/mol. The van der Waals surface area contributed by atoms with Crippen molar-refractivity contribution in [2.24, 2.45) is 34.7 Å². The lowest BCUT2D eigenvalue weighted by molar-refractivity contribution is -0.149. The molecule has 1 aliphatic rings.